The fraction of sp³-hybridized carbons (Fsp3) is 0.182. The third kappa shape index (κ3) is 4.08. The van der Waals surface area contributed by atoms with Crippen LogP contribution in [0.1, 0.15) is 39.3 Å². The molecule has 0 radical (unpaired) electrons. The van der Waals surface area contributed by atoms with Crippen molar-refractivity contribution in [2.24, 2.45) is 5.73 Å². The molecule has 7 nitrogen and oxygen atoms in total. The zero-order chi connectivity index (χ0) is 21.1. The van der Waals surface area contributed by atoms with E-state index < -0.39 is 24.5 Å². The van der Waals surface area contributed by atoms with E-state index in [0.717, 1.165) is 34.5 Å². The Balaban J connectivity index is 1.76. The van der Waals surface area contributed by atoms with E-state index in [-0.39, 0.29) is 0 Å². The number of aromatic nitrogens is 1. The normalized spacial score (nSPS) is 14.3. The number of benzene rings is 1. The lowest BCUT2D eigenvalue weighted by Gasteiger charge is -2.22. The molecule has 1 aliphatic rings. The lowest BCUT2D eigenvalue weighted by molar-refractivity contribution is -0.123. The van der Waals surface area contributed by atoms with Gasteiger partial charge in [0.25, 0.3) is 5.91 Å². The summed E-state index contributed by atoms with van der Waals surface area (Å²) in [7, 11) is 0. The predicted molar refractivity (Wildman–Crippen MR) is 115 cm³/mol. The van der Waals surface area contributed by atoms with Gasteiger partial charge in [0.05, 0.1) is 16.8 Å². The zero-order valence-electron chi connectivity index (χ0n) is 16.0. The van der Waals surface area contributed by atoms with Gasteiger partial charge < -0.3 is 10.5 Å². The van der Waals surface area contributed by atoms with Crippen molar-refractivity contribution in [3.63, 3.8) is 0 Å². The molecular weight excluding hydrogens is 402 g/mol. The Bertz CT molecular complexity index is 1170. The number of hydrogen-bond donors (Lipinski definition) is 2. The number of urea groups is 1. The van der Waals surface area contributed by atoms with Crippen LogP contribution >= 0.6 is 11.3 Å². The lowest BCUT2D eigenvalue weighted by atomic mass is 9.86. The minimum atomic E-state index is -0.994. The van der Waals surface area contributed by atoms with Crippen molar-refractivity contribution in [3.8, 4) is 0 Å². The molecule has 0 unspecified atom stereocenters. The Morgan fingerprint density at radius 1 is 1.17 bits per heavy atom. The number of imide groups is 1. The summed E-state index contributed by atoms with van der Waals surface area (Å²) < 4.78 is 5.20. The van der Waals surface area contributed by atoms with Gasteiger partial charge in [-0.1, -0.05) is 24.3 Å². The van der Waals surface area contributed by atoms with E-state index in [1.165, 1.54) is 0 Å². The van der Waals surface area contributed by atoms with Gasteiger partial charge in [0, 0.05) is 10.3 Å². The first-order valence-corrected chi connectivity index (χ1v) is 10.3. The summed E-state index contributed by atoms with van der Waals surface area (Å²) in [6.45, 7) is -0.592. The van der Waals surface area contributed by atoms with Crippen molar-refractivity contribution in [1.82, 2.24) is 10.3 Å². The largest absolute Gasteiger partial charge is 0.452 e. The summed E-state index contributed by atoms with van der Waals surface area (Å²) in [6.07, 6.45) is 4.55. The van der Waals surface area contributed by atoms with Gasteiger partial charge in [0.15, 0.2) is 6.61 Å². The van der Waals surface area contributed by atoms with Crippen LogP contribution < -0.4 is 11.1 Å². The smallest absolute Gasteiger partial charge is 0.339 e. The number of hydrogen-bond acceptors (Lipinski definition) is 6. The van der Waals surface area contributed by atoms with Gasteiger partial charge in [0.1, 0.15) is 0 Å². The number of primary amides is 1. The third-order valence-electron chi connectivity index (χ3n) is 4.83. The monoisotopic (exact) mass is 421 g/mol. The first-order valence-electron chi connectivity index (χ1n) is 9.45. The fourth-order valence-corrected chi connectivity index (χ4v) is 4.31. The number of nitrogens with two attached hydrogens (primary N) is 1. The average molecular weight is 421 g/mol. The van der Waals surface area contributed by atoms with Gasteiger partial charge in [-0.25, -0.2) is 14.6 Å². The number of carbonyl (C=O) groups is 3. The van der Waals surface area contributed by atoms with E-state index >= 15 is 0 Å². The number of para-hydroxylation sites is 1. The van der Waals surface area contributed by atoms with E-state index in [0.29, 0.717) is 22.9 Å². The lowest BCUT2D eigenvalue weighted by Crippen LogP contribution is -2.37. The predicted octanol–water partition coefficient (Wildman–Crippen LogP) is 3.52. The first-order chi connectivity index (χ1) is 14.5. The SMILES string of the molecule is NC(=O)NC(=O)COC(=O)c1c2c(nc3ccccc13)/C(=C/c1cccs1)CCC2. The van der Waals surface area contributed by atoms with E-state index in [9.17, 15) is 14.4 Å². The minimum Gasteiger partial charge on any atom is -0.452 e. The number of pyridine rings is 1. The van der Waals surface area contributed by atoms with Crippen LogP contribution in [0.2, 0.25) is 0 Å². The molecule has 152 valence electrons. The summed E-state index contributed by atoms with van der Waals surface area (Å²) in [5.74, 6) is -1.40. The number of amides is 3. The Hall–Kier alpha value is -3.52. The molecule has 0 spiro atoms. The topological polar surface area (TPSA) is 111 Å². The Labute approximate surface area is 176 Å². The Morgan fingerprint density at radius 2 is 2.00 bits per heavy atom. The van der Waals surface area contributed by atoms with Crippen molar-refractivity contribution in [1.29, 1.82) is 0 Å². The molecule has 8 heteroatoms. The molecule has 4 rings (SSSR count). The van der Waals surface area contributed by atoms with E-state index in [1.54, 1.807) is 11.3 Å². The number of nitrogens with one attached hydrogen (secondary N) is 1. The van der Waals surface area contributed by atoms with Crippen molar-refractivity contribution in [3.05, 3.63) is 63.5 Å². The fourth-order valence-electron chi connectivity index (χ4n) is 3.63. The van der Waals surface area contributed by atoms with Crippen molar-refractivity contribution >= 4 is 51.8 Å². The van der Waals surface area contributed by atoms with Crippen LogP contribution in [-0.4, -0.2) is 29.5 Å². The van der Waals surface area contributed by atoms with E-state index in [4.69, 9.17) is 15.5 Å². The number of fused-ring (bicyclic) bond motifs is 2. The molecule has 1 aromatic carbocycles. The summed E-state index contributed by atoms with van der Waals surface area (Å²) in [6, 6.07) is 10.4. The second-order valence-corrected chi connectivity index (χ2v) is 7.84. The van der Waals surface area contributed by atoms with Gasteiger partial charge in [-0.15, -0.1) is 11.3 Å². The highest BCUT2D eigenvalue weighted by atomic mass is 32.1. The van der Waals surface area contributed by atoms with Crippen LogP contribution in [0.3, 0.4) is 0 Å². The van der Waals surface area contributed by atoms with Crippen molar-refractivity contribution < 1.29 is 19.1 Å². The molecule has 30 heavy (non-hydrogen) atoms. The average Bonchev–Trinajstić information content (AvgIpc) is 3.23. The molecule has 3 amide bonds. The highest BCUT2D eigenvalue weighted by Gasteiger charge is 2.26. The molecule has 3 aromatic rings. The number of carbonyl (C=O) groups excluding carboxylic acids is 3. The Kier molecular flexibility index (Phi) is 5.58. The maximum atomic E-state index is 13.0. The van der Waals surface area contributed by atoms with Crippen LogP contribution in [0.4, 0.5) is 4.79 Å². The summed E-state index contributed by atoms with van der Waals surface area (Å²) in [5.41, 5.74) is 8.71. The van der Waals surface area contributed by atoms with Crippen LogP contribution in [0, 0.1) is 0 Å². The molecule has 2 aromatic heterocycles. The zero-order valence-corrected chi connectivity index (χ0v) is 16.8. The number of allylic oxidation sites excluding steroid dienone is 1. The second kappa shape index (κ2) is 8.46. The maximum Gasteiger partial charge on any atom is 0.339 e. The molecule has 0 aliphatic heterocycles. The molecule has 0 saturated heterocycles. The number of nitrogens with zero attached hydrogens (tertiary/aromatic N) is 1. The summed E-state index contributed by atoms with van der Waals surface area (Å²) in [5, 5.41) is 4.58. The third-order valence-corrected chi connectivity index (χ3v) is 5.65. The van der Waals surface area contributed by atoms with Gasteiger partial charge >= 0.3 is 12.0 Å². The van der Waals surface area contributed by atoms with E-state index in [2.05, 4.69) is 6.08 Å². The second-order valence-electron chi connectivity index (χ2n) is 6.86. The molecule has 0 fully saturated rings. The molecule has 0 bridgehead atoms. The van der Waals surface area contributed by atoms with Crippen LogP contribution in [0.15, 0.2) is 41.8 Å². The van der Waals surface area contributed by atoms with Crippen molar-refractivity contribution in [2.45, 2.75) is 19.3 Å². The van der Waals surface area contributed by atoms with Crippen molar-refractivity contribution in [2.75, 3.05) is 6.61 Å². The van der Waals surface area contributed by atoms with Crippen LogP contribution in [0.25, 0.3) is 22.6 Å². The quantitative estimate of drug-likeness (QED) is 0.626. The summed E-state index contributed by atoms with van der Waals surface area (Å²) in [4.78, 5) is 41.4. The minimum absolute atomic E-state index is 0.416. The molecule has 0 saturated carbocycles. The standard InChI is InChI=1S/C22H19N3O4S/c23-22(28)25-18(26)12-29-21(27)19-15-7-1-2-9-17(15)24-20-13(5-3-8-16(19)20)11-14-6-4-10-30-14/h1-2,4,6-7,9-11H,3,5,8,12H2,(H3,23,25,26,28)/b13-11+. The molecular formula is C22H19N3O4S. The van der Waals surface area contributed by atoms with Crippen LogP contribution in [0.5, 0.6) is 0 Å². The molecule has 3 N–H and O–H groups in total. The number of ether oxygens (including phenoxy) is 1. The molecule has 2 heterocycles. The number of rotatable bonds is 4. The Morgan fingerprint density at radius 3 is 2.77 bits per heavy atom. The molecule has 1 aliphatic carbocycles. The first kappa shape index (κ1) is 19.8. The highest BCUT2D eigenvalue weighted by molar-refractivity contribution is 7.10. The highest BCUT2D eigenvalue weighted by Crippen LogP contribution is 2.36. The van der Waals surface area contributed by atoms with E-state index in [1.807, 2.05) is 47.1 Å². The maximum absolute atomic E-state index is 13.0. The van der Waals surface area contributed by atoms with Gasteiger partial charge in [-0.3, -0.25) is 10.1 Å². The van der Waals surface area contributed by atoms with Gasteiger partial charge in [-0.05, 0) is 54.0 Å². The number of esters is 1. The number of thiophene rings is 1. The van der Waals surface area contributed by atoms with Gasteiger partial charge in [-0.2, -0.15) is 0 Å². The van der Waals surface area contributed by atoms with Crippen LogP contribution in [-0.2, 0) is 16.0 Å². The molecule has 0 atom stereocenters. The van der Waals surface area contributed by atoms with Gasteiger partial charge in [0.2, 0.25) is 0 Å². The summed E-state index contributed by atoms with van der Waals surface area (Å²) >= 11 is 1.64.